The number of carbonyl (C=O) groups is 1. The number of sulfonamides is 1. The first-order chi connectivity index (χ1) is 18.0. The highest BCUT2D eigenvalue weighted by Gasteiger charge is 2.43. The first-order valence-corrected chi connectivity index (χ1v) is 14.6. The zero-order valence-corrected chi connectivity index (χ0v) is 23.2. The second-order valence-corrected chi connectivity index (χ2v) is 13.5. The Morgan fingerprint density at radius 2 is 1.69 bits per heavy atom. The van der Waals surface area contributed by atoms with Crippen LogP contribution in [0.5, 0.6) is 0 Å². The lowest BCUT2D eigenvalue weighted by Gasteiger charge is -2.39. The van der Waals surface area contributed by atoms with Crippen molar-refractivity contribution in [2.45, 2.75) is 54.6 Å². The van der Waals surface area contributed by atoms with Gasteiger partial charge in [-0.2, -0.15) is 17.5 Å². The summed E-state index contributed by atoms with van der Waals surface area (Å²) < 4.78 is 91.1. The maximum absolute atomic E-state index is 13.3. The number of hydrogen-bond donors (Lipinski definition) is 2. The Labute approximate surface area is 225 Å². The maximum atomic E-state index is 13.3. The molecule has 2 N–H and O–H groups in total. The number of piperazine rings is 1. The van der Waals surface area contributed by atoms with Crippen molar-refractivity contribution in [3.63, 3.8) is 0 Å². The molecule has 10 nitrogen and oxygen atoms in total. The van der Waals surface area contributed by atoms with E-state index in [1.54, 1.807) is 32.6 Å². The average molecular weight is 588 g/mol. The number of rotatable bonds is 5. The molecule has 1 aromatic heterocycles. The van der Waals surface area contributed by atoms with Crippen LogP contribution in [-0.2, 0) is 24.5 Å². The van der Waals surface area contributed by atoms with Crippen molar-refractivity contribution in [1.82, 2.24) is 9.29 Å². The van der Waals surface area contributed by atoms with Crippen molar-refractivity contribution in [3.8, 4) is 11.8 Å². The number of carbonyl (C=O) groups excluding carboxylic acids is 1. The molecule has 1 amide bonds. The largest absolute Gasteiger partial charge is 0.483 e. The predicted octanol–water partition coefficient (Wildman–Crippen LogP) is 4.26. The van der Waals surface area contributed by atoms with E-state index in [0.29, 0.717) is 5.69 Å². The van der Waals surface area contributed by atoms with Crippen LogP contribution in [-0.4, -0.2) is 64.8 Å². The molecule has 39 heavy (non-hydrogen) atoms. The van der Waals surface area contributed by atoms with Crippen LogP contribution in [0.15, 0.2) is 52.4 Å². The topological polar surface area (TPSA) is 133 Å². The number of amides is 1. The highest BCUT2D eigenvalue weighted by atomic mass is 32.2. The summed E-state index contributed by atoms with van der Waals surface area (Å²) in [6.07, 6.45) is 0.381. The van der Waals surface area contributed by atoms with Crippen LogP contribution in [0.25, 0.3) is 0 Å². The number of benzene rings is 1. The van der Waals surface area contributed by atoms with E-state index in [4.69, 9.17) is 9.52 Å². The minimum Gasteiger partial charge on any atom is -0.444 e. The Morgan fingerprint density at radius 1 is 1.08 bits per heavy atom. The number of ether oxygens (including phenoxy) is 1. The first kappa shape index (κ1) is 30.2. The van der Waals surface area contributed by atoms with Crippen LogP contribution in [0.4, 0.5) is 29.5 Å². The SMILES string of the molecule is CC#C[C@H]1CN(S(=O)(=O)c2ccc(NC(=O)OC(C)(C)C)nc2)CCN1c1ccc(S(=N)(=O)C(F)(F)F)cc1. The molecule has 0 spiro atoms. The van der Waals surface area contributed by atoms with Gasteiger partial charge in [0.15, 0.2) is 9.73 Å². The van der Waals surface area contributed by atoms with Gasteiger partial charge in [0.1, 0.15) is 22.4 Å². The van der Waals surface area contributed by atoms with Crippen molar-refractivity contribution in [2.24, 2.45) is 0 Å². The third-order valence-corrected chi connectivity index (χ3v) is 8.92. The van der Waals surface area contributed by atoms with Crippen molar-refractivity contribution < 1.29 is 35.3 Å². The van der Waals surface area contributed by atoms with Crippen molar-refractivity contribution in [2.75, 3.05) is 29.9 Å². The van der Waals surface area contributed by atoms with Gasteiger partial charge >= 0.3 is 11.6 Å². The lowest BCUT2D eigenvalue weighted by molar-refractivity contribution is -0.0406. The summed E-state index contributed by atoms with van der Waals surface area (Å²) in [5.74, 6) is 5.77. The first-order valence-electron chi connectivity index (χ1n) is 11.6. The van der Waals surface area contributed by atoms with Gasteiger partial charge in [-0.25, -0.2) is 27.2 Å². The van der Waals surface area contributed by atoms with Crippen molar-refractivity contribution in [1.29, 1.82) is 4.78 Å². The number of nitrogens with zero attached hydrogens (tertiary/aromatic N) is 3. The van der Waals surface area contributed by atoms with Crippen LogP contribution in [0.1, 0.15) is 27.7 Å². The molecule has 15 heteroatoms. The summed E-state index contributed by atoms with van der Waals surface area (Å²) in [4.78, 5) is 16.9. The Kier molecular flexibility index (Phi) is 8.54. The summed E-state index contributed by atoms with van der Waals surface area (Å²) in [6.45, 7) is 6.84. The summed E-state index contributed by atoms with van der Waals surface area (Å²) >= 11 is 0. The fourth-order valence-electron chi connectivity index (χ4n) is 3.70. The normalized spacial score (nSPS) is 18.4. The second-order valence-electron chi connectivity index (χ2n) is 9.47. The molecule has 1 saturated heterocycles. The van der Waals surface area contributed by atoms with E-state index in [9.17, 15) is 30.6 Å². The Morgan fingerprint density at radius 3 is 2.21 bits per heavy atom. The number of aromatic nitrogens is 1. The van der Waals surface area contributed by atoms with E-state index in [1.165, 1.54) is 28.6 Å². The van der Waals surface area contributed by atoms with E-state index in [2.05, 4.69) is 22.1 Å². The lowest BCUT2D eigenvalue weighted by atomic mass is 10.1. The lowest BCUT2D eigenvalue weighted by Crippen LogP contribution is -2.54. The standard InChI is InChI=1S/C24H28F3N5O5S2/c1-5-6-18-16-31(13-14-32(18)17-7-9-19(10-8-17)38(28,34)24(25,26)27)39(35,36)20-11-12-21(29-15-20)30-22(33)37-23(2,3)4/h7-12,15,18,28H,13-14,16H2,1-4H3,(H,29,30,33)/t18-,38?/m0/s1. The molecule has 2 heterocycles. The monoisotopic (exact) mass is 587 g/mol. The van der Waals surface area contributed by atoms with Gasteiger partial charge in [0.2, 0.25) is 10.0 Å². The molecule has 0 aliphatic carbocycles. The summed E-state index contributed by atoms with van der Waals surface area (Å²) in [6, 6.07) is 6.59. The molecule has 0 radical (unpaired) electrons. The average Bonchev–Trinajstić information content (AvgIpc) is 2.83. The fourth-order valence-corrected chi connectivity index (χ4v) is 5.87. The molecule has 1 aliphatic heterocycles. The van der Waals surface area contributed by atoms with Gasteiger partial charge in [-0.3, -0.25) is 5.32 Å². The molecule has 2 atom stereocenters. The van der Waals surface area contributed by atoms with E-state index < -0.39 is 47.9 Å². The van der Waals surface area contributed by atoms with Gasteiger partial charge in [-0.05, 0) is 64.1 Å². The zero-order chi connectivity index (χ0) is 29.2. The molecule has 1 fully saturated rings. The number of anilines is 2. The third kappa shape index (κ3) is 7.00. The highest BCUT2D eigenvalue weighted by molar-refractivity contribution is 7.93. The van der Waals surface area contributed by atoms with Crippen LogP contribution in [0.2, 0.25) is 0 Å². The van der Waals surface area contributed by atoms with Gasteiger partial charge < -0.3 is 9.64 Å². The Bertz CT molecular complexity index is 1480. The predicted molar refractivity (Wildman–Crippen MR) is 139 cm³/mol. The van der Waals surface area contributed by atoms with Crippen LogP contribution in [0.3, 0.4) is 0 Å². The van der Waals surface area contributed by atoms with Gasteiger partial charge in [0.05, 0.1) is 4.90 Å². The van der Waals surface area contributed by atoms with Gasteiger partial charge in [0.25, 0.3) is 0 Å². The molecule has 0 saturated carbocycles. The van der Waals surface area contributed by atoms with Crippen molar-refractivity contribution in [3.05, 3.63) is 42.6 Å². The third-order valence-electron chi connectivity index (χ3n) is 5.48. The number of pyridine rings is 1. The second kappa shape index (κ2) is 11.0. The number of halogens is 3. The van der Waals surface area contributed by atoms with Crippen molar-refractivity contribution >= 4 is 37.4 Å². The molecule has 0 bridgehead atoms. The van der Waals surface area contributed by atoms with E-state index in [-0.39, 0.29) is 30.3 Å². The summed E-state index contributed by atoms with van der Waals surface area (Å²) in [7, 11) is -8.99. The maximum Gasteiger partial charge on any atom is 0.483 e. The fraction of sp³-hybridized carbons (Fsp3) is 0.417. The van der Waals surface area contributed by atoms with Crippen LogP contribution in [0, 0.1) is 16.6 Å². The minimum atomic E-state index is -5.20. The smallest absolute Gasteiger partial charge is 0.444 e. The minimum absolute atomic E-state index is 0.0411. The molecule has 2 aromatic rings. The van der Waals surface area contributed by atoms with E-state index in [1.807, 2.05) is 0 Å². The molecule has 1 aliphatic rings. The number of nitrogens with one attached hydrogen (secondary N) is 2. The highest BCUT2D eigenvalue weighted by Crippen LogP contribution is 2.33. The van der Waals surface area contributed by atoms with Gasteiger partial charge in [0, 0.05) is 31.5 Å². The Hall–Kier alpha value is -3.35. The van der Waals surface area contributed by atoms with E-state index >= 15 is 0 Å². The zero-order valence-electron chi connectivity index (χ0n) is 21.6. The Balaban J connectivity index is 1.77. The number of hydrogen-bond acceptors (Lipinski definition) is 8. The summed E-state index contributed by atoms with van der Waals surface area (Å²) in [5, 5.41) is 2.43. The molecule has 1 aromatic carbocycles. The number of alkyl halides is 3. The molecule has 1 unspecified atom stereocenters. The van der Waals surface area contributed by atoms with Crippen LogP contribution >= 0.6 is 0 Å². The summed E-state index contributed by atoms with van der Waals surface area (Å²) in [5.41, 5.74) is -5.48. The quantitative estimate of drug-likeness (QED) is 0.500. The molecule has 212 valence electrons. The molecular weight excluding hydrogens is 559 g/mol. The molecule has 3 rings (SSSR count). The van der Waals surface area contributed by atoms with Crippen LogP contribution < -0.4 is 10.2 Å². The van der Waals surface area contributed by atoms with Gasteiger partial charge in [-0.1, -0.05) is 5.92 Å². The van der Waals surface area contributed by atoms with Gasteiger partial charge in [-0.15, -0.1) is 5.92 Å². The van der Waals surface area contributed by atoms with E-state index in [0.717, 1.165) is 18.3 Å². The molecular formula is C24H28F3N5O5S2.